The third-order valence-electron chi connectivity index (χ3n) is 2.53. The van der Waals surface area contributed by atoms with E-state index in [1.165, 1.54) is 31.4 Å². The fourth-order valence-corrected chi connectivity index (χ4v) is 2.12. The van der Waals surface area contributed by atoms with Crippen molar-refractivity contribution in [1.82, 2.24) is 15.1 Å². The van der Waals surface area contributed by atoms with Crippen LogP contribution in [0.25, 0.3) is 0 Å². The van der Waals surface area contributed by atoms with Gasteiger partial charge in [-0.25, -0.2) is 0 Å². The number of nitrogens with zero attached hydrogens (tertiary/aromatic N) is 2. The van der Waals surface area contributed by atoms with Crippen molar-refractivity contribution < 1.29 is 0 Å². The van der Waals surface area contributed by atoms with Crippen molar-refractivity contribution in [2.24, 2.45) is 7.05 Å². The second-order valence-corrected chi connectivity index (χ2v) is 5.05. The summed E-state index contributed by atoms with van der Waals surface area (Å²) in [6.45, 7) is 2.00. The van der Waals surface area contributed by atoms with E-state index in [-0.39, 0.29) is 0 Å². The van der Waals surface area contributed by atoms with E-state index >= 15 is 0 Å². The highest BCUT2D eigenvalue weighted by molar-refractivity contribution is 7.98. The summed E-state index contributed by atoms with van der Waals surface area (Å²) in [5, 5.41) is 7.75. The predicted molar refractivity (Wildman–Crippen MR) is 71.8 cm³/mol. The SMILES string of the molecule is CSCCCCCCNCc1ccn(C)n1. The maximum Gasteiger partial charge on any atom is 0.0762 e. The molecule has 1 aromatic heterocycles. The Balaban J connectivity index is 1.88. The number of hydrogen-bond donors (Lipinski definition) is 1. The Labute approximate surface area is 103 Å². The summed E-state index contributed by atoms with van der Waals surface area (Å²) in [7, 11) is 1.95. The Morgan fingerprint density at radius 3 is 2.81 bits per heavy atom. The predicted octanol–water partition coefficient (Wildman–Crippen LogP) is 2.43. The van der Waals surface area contributed by atoms with Gasteiger partial charge in [0.15, 0.2) is 0 Å². The zero-order chi connectivity index (χ0) is 11.6. The van der Waals surface area contributed by atoms with Crippen LogP contribution >= 0.6 is 11.8 Å². The molecule has 1 heterocycles. The molecule has 92 valence electrons. The largest absolute Gasteiger partial charge is 0.311 e. The molecule has 0 aromatic carbocycles. The molecule has 0 spiro atoms. The number of rotatable bonds is 9. The summed E-state index contributed by atoms with van der Waals surface area (Å²) >= 11 is 1.94. The Morgan fingerprint density at radius 1 is 1.31 bits per heavy atom. The molecule has 0 saturated carbocycles. The quantitative estimate of drug-likeness (QED) is 0.673. The molecule has 0 bridgehead atoms. The van der Waals surface area contributed by atoms with E-state index in [1.54, 1.807) is 0 Å². The molecule has 0 unspecified atom stereocenters. The van der Waals surface area contributed by atoms with Gasteiger partial charge in [0.25, 0.3) is 0 Å². The molecular weight excluding hydrogens is 218 g/mol. The van der Waals surface area contributed by atoms with Gasteiger partial charge in [0, 0.05) is 19.8 Å². The summed E-state index contributed by atoms with van der Waals surface area (Å²) in [5.41, 5.74) is 1.13. The van der Waals surface area contributed by atoms with Gasteiger partial charge in [0.05, 0.1) is 5.69 Å². The number of nitrogens with one attached hydrogen (secondary N) is 1. The molecule has 0 fully saturated rings. The summed E-state index contributed by atoms with van der Waals surface area (Å²) in [6, 6.07) is 2.06. The first-order valence-corrected chi connectivity index (χ1v) is 7.40. The van der Waals surface area contributed by atoms with E-state index in [2.05, 4.69) is 22.7 Å². The zero-order valence-corrected chi connectivity index (χ0v) is 11.2. The molecule has 4 heteroatoms. The number of hydrogen-bond acceptors (Lipinski definition) is 3. The van der Waals surface area contributed by atoms with Gasteiger partial charge in [-0.05, 0) is 37.5 Å². The minimum Gasteiger partial charge on any atom is -0.311 e. The molecule has 0 amide bonds. The summed E-state index contributed by atoms with van der Waals surface area (Å²) in [6.07, 6.45) is 9.51. The van der Waals surface area contributed by atoms with Gasteiger partial charge in [-0.3, -0.25) is 4.68 Å². The van der Waals surface area contributed by atoms with E-state index in [1.807, 2.05) is 29.7 Å². The minimum atomic E-state index is 0.894. The van der Waals surface area contributed by atoms with Crippen molar-refractivity contribution in [3.63, 3.8) is 0 Å². The highest BCUT2D eigenvalue weighted by Gasteiger charge is 1.95. The van der Waals surface area contributed by atoms with Crippen molar-refractivity contribution in [2.45, 2.75) is 32.2 Å². The lowest BCUT2D eigenvalue weighted by molar-refractivity contribution is 0.590. The summed E-state index contributed by atoms with van der Waals surface area (Å²) in [5.74, 6) is 1.31. The molecule has 0 aliphatic rings. The Morgan fingerprint density at radius 2 is 2.12 bits per heavy atom. The first-order valence-electron chi connectivity index (χ1n) is 6.01. The van der Waals surface area contributed by atoms with Gasteiger partial charge in [0.2, 0.25) is 0 Å². The maximum atomic E-state index is 4.32. The fraction of sp³-hybridized carbons (Fsp3) is 0.750. The minimum absolute atomic E-state index is 0.894. The molecule has 1 aromatic rings. The monoisotopic (exact) mass is 241 g/mol. The van der Waals surface area contributed by atoms with Crippen LogP contribution in [-0.4, -0.2) is 28.3 Å². The molecule has 3 nitrogen and oxygen atoms in total. The maximum absolute atomic E-state index is 4.32. The topological polar surface area (TPSA) is 29.9 Å². The average molecular weight is 241 g/mol. The third kappa shape index (κ3) is 6.18. The molecule has 0 radical (unpaired) electrons. The lowest BCUT2D eigenvalue weighted by Gasteiger charge is -2.02. The fourth-order valence-electron chi connectivity index (χ4n) is 1.62. The van der Waals surface area contributed by atoms with Crippen molar-refractivity contribution in [3.8, 4) is 0 Å². The van der Waals surface area contributed by atoms with Crippen molar-refractivity contribution >= 4 is 11.8 Å². The molecule has 0 aliphatic heterocycles. The molecular formula is C12H23N3S. The van der Waals surface area contributed by atoms with Gasteiger partial charge in [-0.2, -0.15) is 16.9 Å². The highest BCUT2D eigenvalue weighted by atomic mass is 32.2. The Hall–Kier alpha value is -0.480. The second kappa shape index (κ2) is 8.65. The second-order valence-electron chi connectivity index (χ2n) is 4.06. The first kappa shape index (κ1) is 13.6. The van der Waals surface area contributed by atoms with Crippen LogP contribution in [0.3, 0.4) is 0 Å². The standard InChI is InChI=1S/C12H23N3S/c1-15-9-7-12(14-15)11-13-8-5-3-4-6-10-16-2/h7,9,13H,3-6,8,10-11H2,1-2H3. The van der Waals surface area contributed by atoms with Gasteiger partial charge in [0.1, 0.15) is 0 Å². The average Bonchev–Trinajstić information content (AvgIpc) is 2.68. The molecule has 0 atom stereocenters. The molecule has 0 aliphatic carbocycles. The first-order chi connectivity index (χ1) is 7.83. The number of aryl methyl sites for hydroxylation is 1. The van der Waals surface area contributed by atoms with Crippen LogP contribution in [0.4, 0.5) is 0 Å². The molecule has 16 heavy (non-hydrogen) atoms. The lowest BCUT2D eigenvalue weighted by Crippen LogP contribution is -2.15. The van der Waals surface area contributed by atoms with E-state index in [0.29, 0.717) is 0 Å². The normalized spacial score (nSPS) is 10.9. The zero-order valence-electron chi connectivity index (χ0n) is 10.4. The van der Waals surface area contributed by atoms with Crippen LogP contribution in [-0.2, 0) is 13.6 Å². The van der Waals surface area contributed by atoms with Crippen molar-refractivity contribution in [2.75, 3.05) is 18.6 Å². The van der Waals surface area contributed by atoms with E-state index in [0.717, 1.165) is 18.8 Å². The summed E-state index contributed by atoms with van der Waals surface area (Å²) < 4.78 is 1.85. The molecule has 1 N–H and O–H groups in total. The molecule has 1 rings (SSSR count). The van der Waals surface area contributed by atoms with Crippen molar-refractivity contribution in [1.29, 1.82) is 0 Å². The van der Waals surface area contributed by atoms with E-state index in [4.69, 9.17) is 0 Å². The van der Waals surface area contributed by atoms with Crippen LogP contribution in [0.2, 0.25) is 0 Å². The Kier molecular flexibility index (Phi) is 7.34. The van der Waals surface area contributed by atoms with Crippen LogP contribution < -0.4 is 5.32 Å². The highest BCUT2D eigenvalue weighted by Crippen LogP contribution is 2.04. The van der Waals surface area contributed by atoms with Gasteiger partial charge in [-0.15, -0.1) is 0 Å². The van der Waals surface area contributed by atoms with Gasteiger partial charge in [-0.1, -0.05) is 12.8 Å². The molecule has 0 saturated heterocycles. The van der Waals surface area contributed by atoms with E-state index < -0.39 is 0 Å². The number of unbranched alkanes of at least 4 members (excludes halogenated alkanes) is 3. The number of thioether (sulfide) groups is 1. The smallest absolute Gasteiger partial charge is 0.0762 e. The van der Waals surface area contributed by atoms with Gasteiger partial charge >= 0.3 is 0 Å². The van der Waals surface area contributed by atoms with Crippen molar-refractivity contribution in [3.05, 3.63) is 18.0 Å². The van der Waals surface area contributed by atoms with Gasteiger partial charge < -0.3 is 5.32 Å². The lowest BCUT2D eigenvalue weighted by atomic mass is 10.2. The number of aromatic nitrogens is 2. The third-order valence-corrected chi connectivity index (χ3v) is 3.22. The summed E-state index contributed by atoms with van der Waals surface area (Å²) in [4.78, 5) is 0. The Bertz CT molecular complexity index is 273. The van der Waals surface area contributed by atoms with E-state index in [9.17, 15) is 0 Å². The van der Waals surface area contributed by atoms with Crippen LogP contribution in [0.1, 0.15) is 31.4 Å². The van der Waals surface area contributed by atoms with Crippen LogP contribution in [0.5, 0.6) is 0 Å². The van der Waals surface area contributed by atoms with Crippen LogP contribution in [0.15, 0.2) is 12.3 Å². The van der Waals surface area contributed by atoms with Crippen LogP contribution in [0, 0.1) is 0 Å².